The van der Waals surface area contributed by atoms with Crippen molar-refractivity contribution in [2.75, 3.05) is 11.1 Å². The maximum Gasteiger partial charge on any atom is 0.256 e. The molecule has 1 aliphatic carbocycles. The van der Waals surface area contributed by atoms with Crippen LogP contribution in [0.3, 0.4) is 0 Å². The normalized spacial score (nSPS) is 20.2. The van der Waals surface area contributed by atoms with Gasteiger partial charge in [0.25, 0.3) is 5.91 Å². The summed E-state index contributed by atoms with van der Waals surface area (Å²) in [6.45, 7) is 3.68. The fraction of sp³-hybridized carbons (Fsp3) is 0.192. The van der Waals surface area contributed by atoms with Crippen LogP contribution < -0.4 is 11.1 Å². The molecule has 0 radical (unpaired) electrons. The second-order valence-corrected chi connectivity index (χ2v) is 9.44. The molecule has 3 atom stereocenters. The molecule has 1 aliphatic heterocycles. The van der Waals surface area contributed by atoms with Crippen LogP contribution in [-0.4, -0.2) is 42.1 Å². The summed E-state index contributed by atoms with van der Waals surface area (Å²) in [5.74, 6) is 1.54. The van der Waals surface area contributed by atoms with Crippen LogP contribution in [0.5, 0.6) is 0 Å². The molecule has 4 aromatic rings. The number of aromatic nitrogens is 4. The molecule has 2 unspecified atom stereocenters. The number of fused-ring (bicyclic) bond motifs is 2. The van der Waals surface area contributed by atoms with Gasteiger partial charge in [-0.2, -0.15) is 0 Å². The predicted octanol–water partition coefficient (Wildman–Crippen LogP) is 4.13. The first-order valence-electron chi connectivity index (χ1n) is 11.5. The van der Waals surface area contributed by atoms with E-state index in [9.17, 15) is 9.59 Å². The summed E-state index contributed by atoms with van der Waals surface area (Å²) in [6.07, 6.45) is 8.20. The minimum absolute atomic E-state index is 0.0881. The highest BCUT2D eigenvalue weighted by Gasteiger charge is 2.55. The van der Waals surface area contributed by atoms with Crippen LogP contribution in [0.25, 0.3) is 16.8 Å². The molecule has 1 saturated heterocycles. The van der Waals surface area contributed by atoms with Crippen molar-refractivity contribution in [1.82, 2.24) is 24.3 Å². The third kappa shape index (κ3) is 3.68. The van der Waals surface area contributed by atoms with E-state index in [0.29, 0.717) is 39.4 Å². The zero-order valence-electron chi connectivity index (χ0n) is 19.1. The lowest BCUT2D eigenvalue weighted by molar-refractivity contribution is -0.128. The molecule has 10 heteroatoms. The molecule has 6 rings (SSSR count). The van der Waals surface area contributed by atoms with Crippen LogP contribution in [-0.2, 0) is 4.79 Å². The van der Waals surface area contributed by atoms with Crippen molar-refractivity contribution in [3.8, 4) is 11.3 Å². The molecule has 1 saturated carbocycles. The van der Waals surface area contributed by atoms with E-state index in [0.717, 1.165) is 24.2 Å². The van der Waals surface area contributed by atoms with Crippen LogP contribution in [0.15, 0.2) is 67.6 Å². The number of hydrogen-bond donors (Lipinski definition) is 2. The second kappa shape index (κ2) is 8.46. The summed E-state index contributed by atoms with van der Waals surface area (Å²) >= 11 is 5.98. The first-order valence-corrected chi connectivity index (χ1v) is 11.9. The van der Waals surface area contributed by atoms with Crippen molar-refractivity contribution in [2.45, 2.75) is 24.9 Å². The van der Waals surface area contributed by atoms with Gasteiger partial charge < -0.3 is 16.0 Å². The number of amides is 2. The summed E-state index contributed by atoms with van der Waals surface area (Å²) in [7, 11) is 0. The topological polar surface area (TPSA) is 119 Å². The summed E-state index contributed by atoms with van der Waals surface area (Å²) in [5.41, 5.74) is 8.83. The second-order valence-electron chi connectivity index (χ2n) is 9.00. The van der Waals surface area contributed by atoms with E-state index in [1.165, 1.54) is 12.3 Å². The Labute approximate surface area is 211 Å². The van der Waals surface area contributed by atoms with E-state index in [1.807, 2.05) is 27.6 Å². The smallest absolute Gasteiger partial charge is 0.256 e. The largest absolute Gasteiger partial charge is 0.382 e. The molecule has 2 fully saturated rings. The van der Waals surface area contributed by atoms with Crippen molar-refractivity contribution in [3.63, 3.8) is 0 Å². The Bertz CT molecular complexity index is 1530. The number of likely N-dealkylation sites (tertiary alicyclic amines) is 1. The first-order chi connectivity index (χ1) is 17.4. The lowest BCUT2D eigenvalue weighted by Gasteiger charge is -2.25. The van der Waals surface area contributed by atoms with Crippen LogP contribution in [0.2, 0.25) is 5.02 Å². The Morgan fingerprint density at radius 3 is 2.69 bits per heavy atom. The van der Waals surface area contributed by atoms with Gasteiger partial charge in [-0.1, -0.05) is 30.3 Å². The molecule has 1 aromatic carbocycles. The number of nitrogens with one attached hydrogen (secondary N) is 1. The highest BCUT2D eigenvalue weighted by molar-refractivity contribution is 6.30. The fourth-order valence-electron chi connectivity index (χ4n) is 5.07. The maximum absolute atomic E-state index is 12.7. The molecule has 3 aromatic heterocycles. The number of anilines is 2. The van der Waals surface area contributed by atoms with E-state index in [4.69, 9.17) is 22.3 Å². The van der Waals surface area contributed by atoms with E-state index < -0.39 is 0 Å². The van der Waals surface area contributed by atoms with Crippen LogP contribution in [0.4, 0.5) is 11.6 Å². The van der Waals surface area contributed by atoms with Gasteiger partial charge in [0.05, 0.1) is 6.04 Å². The van der Waals surface area contributed by atoms with Gasteiger partial charge in [0, 0.05) is 40.8 Å². The number of nitrogens with zero attached hydrogens (tertiary/aromatic N) is 5. The van der Waals surface area contributed by atoms with Crippen LogP contribution in [0, 0.1) is 5.92 Å². The van der Waals surface area contributed by atoms with Crippen molar-refractivity contribution in [1.29, 1.82) is 0 Å². The minimum atomic E-state index is -0.309. The Morgan fingerprint density at radius 2 is 1.94 bits per heavy atom. The average molecular weight is 500 g/mol. The van der Waals surface area contributed by atoms with Gasteiger partial charge in [0.15, 0.2) is 0 Å². The molecule has 3 N–H and O–H groups in total. The van der Waals surface area contributed by atoms with Gasteiger partial charge in [-0.25, -0.2) is 15.0 Å². The molecular weight excluding hydrogens is 478 g/mol. The number of halogens is 1. The maximum atomic E-state index is 12.7. The first kappa shape index (κ1) is 22.2. The molecular formula is C26H22ClN7O2. The molecule has 0 spiro atoms. The third-order valence-corrected chi connectivity index (χ3v) is 7.06. The number of carbonyl (C=O) groups is 2. The van der Waals surface area contributed by atoms with Crippen molar-refractivity contribution in [2.24, 2.45) is 5.92 Å². The van der Waals surface area contributed by atoms with Gasteiger partial charge in [-0.05, 0) is 49.1 Å². The lowest BCUT2D eigenvalue weighted by Crippen LogP contribution is -2.33. The lowest BCUT2D eigenvalue weighted by atomic mass is 10.1. The standard InChI is InChI=1S/C26H22ClN7O2/c1-2-21(35)34-18-11-16(18)12-19(34)25-32-22(23-24(28)30-9-10-33(23)25)14-3-5-15(6-4-14)26(36)31-20-13-17(27)7-8-29-20/h2-10,13,16,18-19H,1,11-12H2,(H2,28,30)(H,29,31,36)/t16?,18?,19-/m0/s1. The Kier molecular flexibility index (Phi) is 5.22. The summed E-state index contributed by atoms with van der Waals surface area (Å²) in [6, 6.07) is 10.3. The molecule has 0 bridgehead atoms. The van der Waals surface area contributed by atoms with E-state index in [1.54, 1.807) is 30.5 Å². The zero-order chi connectivity index (χ0) is 25.0. The van der Waals surface area contributed by atoms with Gasteiger partial charge >= 0.3 is 0 Å². The number of carbonyl (C=O) groups excluding carboxylic acids is 2. The fourth-order valence-corrected chi connectivity index (χ4v) is 5.23. The van der Waals surface area contributed by atoms with Crippen molar-refractivity contribution >= 4 is 40.6 Å². The molecule has 2 aliphatic rings. The summed E-state index contributed by atoms with van der Waals surface area (Å²) in [4.78, 5) is 40.6. The number of piperidine rings is 1. The van der Waals surface area contributed by atoms with Crippen molar-refractivity contribution < 1.29 is 9.59 Å². The number of pyridine rings is 1. The molecule has 180 valence electrons. The average Bonchev–Trinajstić information content (AvgIpc) is 3.36. The minimum Gasteiger partial charge on any atom is -0.382 e. The Hall–Kier alpha value is -4.24. The van der Waals surface area contributed by atoms with Gasteiger partial charge in [0.2, 0.25) is 5.91 Å². The van der Waals surface area contributed by atoms with E-state index in [-0.39, 0.29) is 23.9 Å². The number of nitrogen functional groups attached to an aromatic ring is 1. The number of nitrogens with two attached hydrogens (primary N) is 1. The third-order valence-electron chi connectivity index (χ3n) is 6.83. The zero-order valence-corrected chi connectivity index (χ0v) is 19.9. The quantitative estimate of drug-likeness (QED) is 0.398. The number of benzene rings is 1. The summed E-state index contributed by atoms with van der Waals surface area (Å²) < 4.78 is 1.92. The SMILES string of the molecule is C=CC(=O)N1C2CC2C[C@H]1c1nc(-c2ccc(C(=O)Nc3cc(Cl)ccn3)cc2)c2c(N)nccn12. The Morgan fingerprint density at radius 1 is 1.14 bits per heavy atom. The Balaban J connectivity index is 1.35. The van der Waals surface area contributed by atoms with Crippen LogP contribution >= 0.6 is 11.6 Å². The number of rotatable bonds is 5. The van der Waals surface area contributed by atoms with E-state index >= 15 is 0 Å². The number of imidazole rings is 1. The van der Waals surface area contributed by atoms with Gasteiger partial charge in [-0.3, -0.25) is 14.0 Å². The highest BCUT2D eigenvalue weighted by atomic mass is 35.5. The van der Waals surface area contributed by atoms with E-state index in [2.05, 4.69) is 21.9 Å². The van der Waals surface area contributed by atoms with Gasteiger partial charge in [0.1, 0.15) is 28.7 Å². The monoisotopic (exact) mass is 499 g/mol. The van der Waals surface area contributed by atoms with Gasteiger partial charge in [-0.15, -0.1) is 0 Å². The van der Waals surface area contributed by atoms with Crippen molar-refractivity contribution in [3.05, 3.63) is 84.1 Å². The van der Waals surface area contributed by atoms with Crippen LogP contribution in [0.1, 0.15) is 35.1 Å². The molecule has 36 heavy (non-hydrogen) atoms. The molecule has 2 amide bonds. The number of hydrogen-bond acceptors (Lipinski definition) is 6. The summed E-state index contributed by atoms with van der Waals surface area (Å²) in [5, 5.41) is 3.22. The molecule has 4 heterocycles. The predicted molar refractivity (Wildman–Crippen MR) is 136 cm³/mol. The molecule has 9 nitrogen and oxygen atoms in total. The highest BCUT2D eigenvalue weighted by Crippen LogP contribution is 2.53.